The summed E-state index contributed by atoms with van der Waals surface area (Å²) in [6.07, 6.45) is 0. The lowest BCUT2D eigenvalue weighted by molar-refractivity contribution is -0.120. The topological polar surface area (TPSA) is 58.2 Å². The summed E-state index contributed by atoms with van der Waals surface area (Å²) < 4.78 is 1.00. The van der Waals surface area contributed by atoms with E-state index in [0.717, 1.165) is 9.35 Å². The van der Waals surface area contributed by atoms with Crippen LogP contribution in [0.15, 0.2) is 40.2 Å². The largest absolute Gasteiger partial charge is 0.350 e. The number of halogens is 1. The van der Waals surface area contributed by atoms with Crippen molar-refractivity contribution in [1.29, 1.82) is 0 Å². The second kappa shape index (κ2) is 7.94. The highest BCUT2D eigenvalue weighted by atomic mass is 79.9. The first-order valence-electron chi connectivity index (χ1n) is 7.64. The van der Waals surface area contributed by atoms with Gasteiger partial charge in [0, 0.05) is 20.3 Å². The molecule has 0 aliphatic rings. The van der Waals surface area contributed by atoms with E-state index in [-0.39, 0.29) is 23.8 Å². The minimum Gasteiger partial charge on any atom is -0.350 e. The third-order valence-electron chi connectivity index (χ3n) is 3.50. The monoisotopic (exact) mass is 408 g/mol. The van der Waals surface area contributed by atoms with E-state index in [0.29, 0.717) is 12.1 Å². The van der Waals surface area contributed by atoms with E-state index in [1.807, 2.05) is 23.6 Å². The molecule has 0 unspecified atom stereocenters. The molecule has 4 nitrogen and oxygen atoms in total. The number of nitrogens with one attached hydrogen (secondary N) is 2. The zero-order valence-corrected chi connectivity index (χ0v) is 16.4. The van der Waals surface area contributed by atoms with Crippen LogP contribution in [-0.2, 0) is 16.8 Å². The van der Waals surface area contributed by atoms with Crippen LogP contribution in [-0.4, -0.2) is 18.4 Å². The maximum absolute atomic E-state index is 12.1. The first-order chi connectivity index (χ1) is 11.3. The SMILES string of the molecule is CC(C)(C)c1ccc(C(=O)NCC(=O)NCc2cc(Br)cs2)cc1. The highest BCUT2D eigenvalue weighted by Gasteiger charge is 2.14. The maximum atomic E-state index is 12.1. The standard InChI is InChI=1S/C18H21BrN2O2S/c1-18(2,3)13-6-4-12(5-7-13)17(23)21-10-16(22)20-9-15-8-14(19)11-24-15/h4-8,11H,9-10H2,1-3H3,(H,20,22)(H,21,23). The fourth-order valence-corrected chi connectivity index (χ4v) is 3.47. The van der Waals surface area contributed by atoms with Gasteiger partial charge in [-0.25, -0.2) is 0 Å². The second-order valence-electron chi connectivity index (χ2n) is 6.52. The molecule has 2 N–H and O–H groups in total. The van der Waals surface area contributed by atoms with Gasteiger partial charge in [-0.05, 0) is 45.1 Å². The number of benzene rings is 1. The molecule has 0 radical (unpaired) electrons. The van der Waals surface area contributed by atoms with Crippen molar-refractivity contribution >= 4 is 39.1 Å². The van der Waals surface area contributed by atoms with E-state index in [1.165, 1.54) is 5.56 Å². The quantitative estimate of drug-likeness (QED) is 0.788. The molecule has 0 fully saturated rings. The van der Waals surface area contributed by atoms with Gasteiger partial charge in [0.1, 0.15) is 0 Å². The summed E-state index contributed by atoms with van der Waals surface area (Å²) in [7, 11) is 0. The summed E-state index contributed by atoms with van der Waals surface area (Å²) in [4.78, 5) is 25.0. The number of rotatable bonds is 5. The molecular formula is C18H21BrN2O2S. The van der Waals surface area contributed by atoms with Crippen LogP contribution in [0.3, 0.4) is 0 Å². The number of carbonyl (C=O) groups excluding carboxylic acids is 2. The third kappa shape index (κ3) is 5.46. The lowest BCUT2D eigenvalue weighted by Crippen LogP contribution is -2.36. The Bertz CT molecular complexity index is 717. The molecule has 1 aromatic carbocycles. The number of hydrogen-bond acceptors (Lipinski definition) is 3. The Hall–Kier alpha value is -1.66. The Morgan fingerprint density at radius 2 is 1.79 bits per heavy atom. The summed E-state index contributed by atoms with van der Waals surface area (Å²) in [5, 5.41) is 7.39. The Balaban J connectivity index is 1.80. The summed E-state index contributed by atoms with van der Waals surface area (Å²) in [6, 6.07) is 9.43. The molecule has 2 rings (SSSR count). The first-order valence-corrected chi connectivity index (χ1v) is 9.31. The minimum absolute atomic E-state index is 0.0353. The number of amides is 2. The van der Waals surface area contributed by atoms with E-state index in [9.17, 15) is 9.59 Å². The molecular weight excluding hydrogens is 388 g/mol. The number of carbonyl (C=O) groups is 2. The van der Waals surface area contributed by atoms with Crippen molar-refractivity contribution in [2.45, 2.75) is 32.7 Å². The summed E-state index contributed by atoms with van der Waals surface area (Å²) >= 11 is 4.94. The van der Waals surface area contributed by atoms with Crippen molar-refractivity contribution in [3.05, 3.63) is 56.2 Å². The molecule has 1 heterocycles. The molecule has 0 atom stereocenters. The molecule has 0 saturated heterocycles. The second-order valence-corrected chi connectivity index (χ2v) is 8.43. The van der Waals surface area contributed by atoms with Gasteiger partial charge in [0.05, 0.1) is 13.1 Å². The molecule has 0 spiro atoms. The van der Waals surface area contributed by atoms with Crippen molar-refractivity contribution in [2.24, 2.45) is 0 Å². The van der Waals surface area contributed by atoms with Gasteiger partial charge in [-0.1, -0.05) is 32.9 Å². The van der Waals surface area contributed by atoms with Gasteiger partial charge in [0.2, 0.25) is 5.91 Å². The Kier molecular flexibility index (Phi) is 6.18. The average Bonchev–Trinajstić information content (AvgIpc) is 2.95. The first kappa shape index (κ1) is 18.7. The fraction of sp³-hybridized carbons (Fsp3) is 0.333. The maximum Gasteiger partial charge on any atom is 0.251 e. The van der Waals surface area contributed by atoms with E-state index < -0.39 is 0 Å². The van der Waals surface area contributed by atoms with Crippen molar-refractivity contribution in [3.63, 3.8) is 0 Å². The highest BCUT2D eigenvalue weighted by Crippen LogP contribution is 2.22. The molecule has 2 aromatic rings. The van der Waals surface area contributed by atoms with Crippen molar-refractivity contribution < 1.29 is 9.59 Å². The van der Waals surface area contributed by atoms with Gasteiger partial charge in [0.25, 0.3) is 5.91 Å². The van der Waals surface area contributed by atoms with Crippen LogP contribution in [0.25, 0.3) is 0 Å². The van der Waals surface area contributed by atoms with E-state index in [4.69, 9.17) is 0 Å². The van der Waals surface area contributed by atoms with Crippen LogP contribution in [0.2, 0.25) is 0 Å². The van der Waals surface area contributed by atoms with Crippen LogP contribution < -0.4 is 10.6 Å². The molecule has 2 amide bonds. The normalized spacial score (nSPS) is 11.2. The minimum atomic E-state index is -0.246. The van der Waals surface area contributed by atoms with Crippen LogP contribution in [0, 0.1) is 0 Å². The molecule has 0 saturated carbocycles. The molecule has 128 valence electrons. The predicted molar refractivity (Wildman–Crippen MR) is 101 cm³/mol. The van der Waals surface area contributed by atoms with Crippen LogP contribution >= 0.6 is 27.3 Å². The molecule has 1 aromatic heterocycles. The zero-order valence-electron chi connectivity index (χ0n) is 14.0. The number of thiophene rings is 1. The Morgan fingerprint density at radius 1 is 1.12 bits per heavy atom. The smallest absolute Gasteiger partial charge is 0.251 e. The van der Waals surface area contributed by atoms with Crippen LogP contribution in [0.1, 0.15) is 41.6 Å². The summed E-state index contributed by atoms with van der Waals surface area (Å²) in [5.74, 6) is -0.455. The lowest BCUT2D eigenvalue weighted by Gasteiger charge is -2.19. The fourth-order valence-electron chi connectivity index (χ4n) is 2.08. The molecule has 0 bridgehead atoms. The number of hydrogen-bond donors (Lipinski definition) is 2. The third-order valence-corrected chi connectivity index (χ3v) is 5.20. The molecule has 0 aliphatic heterocycles. The Morgan fingerprint density at radius 3 is 2.33 bits per heavy atom. The van der Waals surface area contributed by atoms with Crippen molar-refractivity contribution in [3.8, 4) is 0 Å². The van der Waals surface area contributed by atoms with E-state index >= 15 is 0 Å². The van der Waals surface area contributed by atoms with Crippen LogP contribution in [0.5, 0.6) is 0 Å². The lowest BCUT2D eigenvalue weighted by atomic mass is 9.87. The van der Waals surface area contributed by atoms with Gasteiger partial charge in [0.15, 0.2) is 0 Å². The summed E-state index contributed by atoms with van der Waals surface area (Å²) in [5.41, 5.74) is 1.77. The Labute approximate surface area is 154 Å². The molecule has 24 heavy (non-hydrogen) atoms. The van der Waals surface area contributed by atoms with Gasteiger partial charge >= 0.3 is 0 Å². The highest BCUT2D eigenvalue weighted by molar-refractivity contribution is 9.10. The van der Waals surface area contributed by atoms with E-state index in [2.05, 4.69) is 47.3 Å². The van der Waals surface area contributed by atoms with Crippen molar-refractivity contribution in [2.75, 3.05) is 6.54 Å². The predicted octanol–water partition coefficient (Wildman–Crippen LogP) is 3.85. The molecule has 0 aliphatic carbocycles. The van der Waals surface area contributed by atoms with Crippen molar-refractivity contribution in [1.82, 2.24) is 10.6 Å². The van der Waals surface area contributed by atoms with Gasteiger partial charge in [-0.2, -0.15) is 0 Å². The zero-order chi connectivity index (χ0) is 17.7. The van der Waals surface area contributed by atoms with Crippen LogP contribution in [0.4, 0.5) is 0 Å². The average molecular weight is 409 g/mol. The van der Waals surface area contributed by atoms with Gasteiger partial charge in [-0.3, -0.25) is 9.59 Å². The van der Waals surface area contributed by atoms with E-state index in [1.54, 1.807) is 23.5 Å². The summed E-state index contributed by atoms with van der Waals surface area (Å²) in [6.45, 7) is 6.80. The molecule has 6 heteroatoms. The van der Waals surface area contributed by atoms with Gasteiger partial charge in [-0.15, -0.1) is 11.3 Å². The van der Waals surface area contributed by atoms with Gasteiger partial charge < -0.3 is 10.6 Å².